The Bertz CT molecular complexity index is 1500. The minimum absolute atomic E-state index is 0.0200. The summed E-state index contributed by atoms with van der Waals surface area (Å²) in [6.45, 7) is 3.61. The third-order valence-corrected chi connectivity index (χ3v) is 8.88. The van der Waals surface area contributed by atoms with Gasteiger partial charge in [0.2, 0.25) is 0 Å². The number of thiazole rings is 1. The van der Waals surface area contributed by atoms with Crippen molar-refractivity contribution in [2.45, 2.75) is 51.4 Å². The van der Waals surface area contributed by atoms with Gasteiger partial charge in [-0.1, -0.05) is 67.5 Å². The van der Waals surface area contributed by atoms with E-state index in [4.69, 9.17) is 0 Å². The largest absolute Gasteiger partial charge is 0.358 e. The number of ketones is 1. The Morgan fingerprint density at radius 2 is 2.05 bits per heavy atom. The summed E-state index contributed by atoms with van der Waals surface area (Å²) in [6.07, 6.45) is 9.14. The van der Waals surface area contributed by atoms with E-state index in [9.17, 15) is 9.59 Å². The molecule has 2 aliphatic rings. The van der Waals surface area contributed by atoms with E-state index >= 15 is 0 Å². The highest BCUT2D eigenvalue weighted by Gasteiger charge is 2.36. The van der Waals surface area contributed by atoms with Gasteiger partial charge in [0.15, 0.2) is 5.01 Å². The summed E-state index contributed by atoms with van der Waals surface area (Å²) in [4.78, 5) is 35.9. The van der Waals surface area contributed by atoms with Gasteiger partial charge in [-0.3, -0.25) is 9.59 Å². The van der Waals surface area contributed by atoms with Gasteiger partial charge in [0.05, 0.1) is 0 Å². The Morgan fingerprint density at radius 3 is 2.89 bits per heavy atom. The van der Waals surface area contributed by atoms with E-state index in [1.165, 1.54) is 39.1 Å². The lowest BCUT2D eigenvalue weighted by molar-refractivity contribution is -0.118. The molecule has 0 spiro atoms. The Morgan fingerprint density at radius 1 is 1.16 bits per heavy atom. The average molecular weight is 524 g/mol. The first kappa shape index (κ1) is 24.8. The van der Waals surface area contributed by atoms with Crippen LogP contribution in [-0.4, -0.2) is 39.6 Å². The molecule has 6 rings (SSSR count). The number of rotatable bonds is 6. The Labute approximate surface area is 227 Å². The fraction of sp³-hybridized carbons (Fsp3) is 0.344. The maximum Gasteiger partial charge on any atom is 0.282 e. The number of fused-ring (bicyclic) bond motifs is 1. The normalized spacial score (nSPS) is 20.1. The van der Waals surface area contributed by atoms with Crippen molar-refractivity contribution in [1.82, 2.24) is 14.9 Å². The number of H-pyrrole nitrogens is 1. The van der Waals surface area contributed by atoms with Crippen LogP contribution in [0, 0.1) is 5.92 Å². The van der Waals surface area contributed by atoms with Crippen LogP contribution in [0.25, 0.3) is 22.0 Å². The summed E-state index contributed by atoms with van der Waals surface area (Å²) in [5.41, 5.74) is 7.34. The molecule has 1 N–H and O–H groups in total. The number of carbonyl (C=O) groups excluding carboxylic acids is 2. The number of benzene rings is 2. The van der Waals surface area contributed by atoms with Crippen LogP contribution >= 0.6 is 11.3 Å². The quantitative estimate of drug-likeness (QED) is 0.273. The fourth-order valence-corrected chi connectivity index (χ4v) is 6.89. The molecule has 0 radical (unpaired) electrons. The van der Waals surface area contributed by atoms with Gasteiger partial charge in [0.1, 0.15) is 5.78 Å². The molecular weight excluding hydrogens is 490 g/mol. The lowest BCUT2D eigenvalue weighted by atomic mass is 9.89. The van der Waals surface area contributed by atoms with Gasteiger partial charge in [-0.2, -0.15) is 0 Å². The summed E-state index contributed by atoms with van der Waals surface area (Å²) in [5.74, 6) is 0.541. The molecular formula is C32H33N3O2S. The van der Waals surface area contributed by atoms with Crippen molar-refractivity contribution in [2.75, 3.05) is 13.1 Å². The zero-order valence-corrected chi connectivity index (χ0v) is 22.6. The van der Waals surface area contributed by atoms with E-state index < -0.39 is 0 Å². The maximum absolute atomic E-state index is 13.3. The van der Waals surface area contributed by atoms with Crippen LogP contribution in [0.3, 0.4) is 0 Å². The predicted octanol–water partition coefficient (Wildman–Crippen LogP) is 7.17. The molecule has 1 fully saturated rings. The van der Waals surface area contributed by atoms with E-state index in [1.54, 1.807) is 6.20 Å². The SMILES string of the molecule is CCCc1[nH]c2ccccc2c1-c1cccc(C2CC(C3=CCCN(C(=O)c4nccs4)CC3)CC2=O)c1. The van der Waals surface area contributed by atoms with Crippen molar-refractivity contribution >= 4 is 33.9 Å². The molecule has 1 amide bonds. The molecule has 4 aromatic rings. The van der Waals surface area contributed by atoms with Gasteiger partial charge in [0, 0.05) is 59.2 Å². The summed E-state index contributed by atoms with van der Waals surface area (Å²) in [6, 6.07) is 17.1. The number of para-hydroxylation sites is 1. The molecule has 194 valence electrons. The van der Waals surface area contributed by atoms with Crippen LogP contribution < -0.4 is 0 Å². The van der Waals surface area contributed by atoms with E-state index in [2.05, 4.69) is 71.5 Å². The summed E-state index contributed by atoms with van der Waals surface area (Å²) >= 11 is 1.39. The van der Waals surface area contributed by atoms with Crippen LogP contribution in [-0.2, 0) is 11.2 Å². The molecule has 3 heterocycles. The number of aromatic nitrogens is 2. The summed E-state index contributed by atoms with van der Waals surface area (Å²) in [5, 5.41) is 3.64. The molecule has 6 heteroatoms. The lowest BCUT2D eigenvalue weighted by Gasteiger charge is -2.20. The second kappa shape index (κ2) is 10.7. The molecule has 1 aliphatic carbocycles. The first-order valence-corrected chi connectivity index (χ1v) is 14.6. The van der Waals surface area contributed by atoms with Gasteiger partial charge >= 0.3 is 0 Å². The summed E-state index contributed by atoms with van der Waals surface area (Å²) in [7, 11) is 0. The van der Waals surface area contributed by atoms with E-state index in [1.807, 2.05) is 10.3 Å². The molecule has 2 atom stereocenters. The second-order valence-corrected chi connectivity index (χ2v) is 11.4. The number of hydrogen-bond acceptors (Lipinski definition) is 4. The van der Waals surface area contributed by atoms with Crippen LogP contribution in [0.4, 0.5) is 0 Å². The lowest BCUT2D eigenvalue weighted by Crippen LogP contribution is -2.32. The molecule has 0 bridgehead atoms. The van der Waals surface area contributed by atoms with Gasteiger partial charge in [0.25, 0.3) is 5.91 Å². The number of nitrogens with zero attached hydrogens (tertiary/aromatic N) is 2. The minimum Gasteiger partial charge on any atom is -0.358 e. The summed E-state index contributed by atoms with van der Waals surface area (Å²) < 4.78 is 0. The van der Waals surface area contributed by atoms with E-state index in [-0.39, 0.29) is 17.7 Å². The molecule has 2 aromatic carbocycles. The van der Waals surface area contributed by atoms with Crippen molar-refractivity contribution in [2.24, 2.45) is 5.92 Å². The first-order chi connectivity index (χ1) is 18.6. The Balaban J connectivity index is 1.21. The van der Waals surface area contributed by atoms with Crippen LogP contribution in [0.2, 0.25) is 0 Å². The third-order valence-electron chi connectivity index (χ3n) is 8.12. The highest BCUT2D eigenvalue weighted by molar-refractivity contribution is 7.11. The number of Topliss-reactive ketones (excluding diaryl/α,β-unsaturated/α-hetero) is 1. The predicted molar refractivity (Wildman–Crippen MR) is 154 cm³/mol. The number of carbonyl (C=O) groups is 2. The monoisotopic (exact) mass is 523 g/mol. The molecule has 2 aromatic heterocycles. The smallest absolute Gasteiger partial charge is 0.282 e. The van der Waals surface area contributed by atoms with Crippen LogP contribution in [0.1, 0.15) is 66.0 Å². The fourth-order valence-electron chi connectivity index (χ4n) is 6.29. The highest BCUT2D eigenvalue weighted by atomic mass is 32.1. The molecule has 5 nitrogen and oxygen atoms in total. The standard InChI is InChI=1S/C32H33N3O2S/c1-2-7-28-30(25-11-3-4-12-27(25)34-28)23-9-5-8-22(18-23)26-19-24(20-29(26)36)21-10-6-15-35(16-13-21)32(37)31-33-14-17-38-31/h3-5,8-12,14,17-18,24,26,34H,2,6-7,13,15-16,19-20H2,1H3. The van der Waals surface area contributed by atoms with Crippen LogP contribution in [0.5, 0.6) is 0 Å². The van der Waals surface area contributed by atoms with Crippen molar-refractivity contribution < 1.29 is 9.59 Å². The number of amides is 1. The van der Waals surface area contributed by atoms with E-state index in [0.717, 1.165) is 43.2 Å². The Kier molecular flexibility index (Phi) is 6.98. The topological polar surface area (TPSA) is 66.1 Å². The van der Waals surface area contributed by atoms with Crippen molar-refractivity contribution in [3.8, 4) is 11.1 Å². The number of aromatic amines is 1. The second-order valence-electron chi connectivity index (χ2n) is 10.5. The van der Waals surface area contributed by atoms with Gasteiger partial charge in [-0.15, -0.1) is 11.3 Å². The number of aryl methyl sites for hydroxylation is 1. The minimum atomic E-state index is -0.0722. The first-order valence-electron chi connectivity index (χ1n) is 13.7. The molecule has 1 saturated carbocycles. The van der Waals surface area contributed by atoms with Crippen molar-refractivity contribution in [1.29, 1.82) is 0 Å². The van der Waals surface area contributed by atoms with Gasteiger partial charge < -0.3 is 9.88 Å². The molecule has 38 heavy (non-hydrogen) atoms. The van der Waals surface area contributed by atoms with Crippen molar-refractivity contribution in [3.63, 3.8) is 0 Å². The van der Waals surface area contributed by atoms with Gasteiger partial charge in [-0.05, 0) is 48.8 Å². The van der Waals surface area contributed by atoms with Gasteiger partial charge in [-0.25, -0.2) is 4.98 Å². The molecule has 0 saturated heterocycles. The zero-order chi connectivity index (χ0) is 26.1. The van der Waals surface area contributed by atoms with Crippen LogP contribution in [0.15, 0.2) is 71.8 Å². The maximum atomic E-state index is 13.3. The molecule has 1 aliphatic heterocycles. The zero-order valence-electron chi connectivity index (χ0n) is 21.8. The number of nitrogens with one attached hydrogen (secondary N) is 1. The number of hydrogen-bond donors (Lipinski definition) is 1. The highest BCUT2D eigenvalue weighted by Crippen LogP contribution is 2.42. The molecule has 2 unspecified atom stereocenters. The van der Waals surface area contributed by atoms with E-state index in [0.29, 0.717) is 30.3 Å². The third kappa shape index (κ3) is 4.73. The Hall–Kier alpha value is -3.51. The average Bonchev–Trinajstić information content (AvgIpc) is 3.64. The van der Waals surface area contributed by atoms with Crippen molar-refractivity contribution in [3.05, 3.63) is 88.0 Å².